The van der Waals surface area contributed by atoms with Gasteiger partial charge in [-0.15, -0.1) is 0 Å². The Labute approximate surface area is 226 Å². The second-order valence-corrected chi connectivity index (χ2v) is 11.7. The van der Waals surface area contributed by atoms with Crippen LogP contribution in [0.5, 0.6) is 0 Å². The van der Waals surface area contributed by atoms with Crippen molar-refractivity contribution < 1.29 is 40.2 Å². The zero-order chi connectivity index (χ0) is 27.5. The van der Waals surface area contributed by atoms with Gasteiger partial charge in [-0.05, 0) is 30.8 Å². The molecule has 0 aliphatic heterocycles. The molecule has 0 radical (unpaired) electrons. The van der Waals surface area contributed by atoms with Crippen LogP contribution in [0.1, 0.15) is 90.4 Å². The van der Waals surface area contributed by atoms with Crippen molar-refractivity contribution in [2.45, 2.75) is 90.4 Å². The number of aliphatic hydroxyl groups is 4. The van der Waals surface area contributed by atoms with E-state index in [0.717, 1.165) is 12.2 Å². The van der Waals surface area contributed by atoms with Crippen LogP contribution in [0.3, 0.4) is 0 Å². The first-order valence-electron chi connectivity index (χ1n) is 13.4. The van der Waals surface area contributed by atoms with Gasteiger partial charge in [0.05, 0.1) is 44.2 Å². The quantitative estimate of drug-likeness (QED) is 0.0898. The molecule has 0 saturated carbocycles. The molecule has 36 heavy (non-hydrogen) atoms. The van der Waals surface area contributed by atoms with Crippen LogP contribution in [0.15, 0.2) is 0 Å². The standard InChI is InChI=1S/C21H40O4S2.C5H12O4/c1-2-3-4-5-6-7-8-9-10-11-15-26-16-12-13-19(21(24)25)18-27-17-14-20(22)23;6-1-5(2-7,3-8)4-9/h19H,2-18H2,1H3,(H,22,23)(H,24,25);6-9H,1-4H2. The van der Waals surface area contributed by atoms with Crippen molar-refractivity contribution in [1.29, 1.82) is 0 Å². The summed E-state index contributed by atoms with van der Waals surface area (Å²) >= 11 is 3.38. The lowest BCUT2D eigenvalue weighted by Gasteiger charge is -2.23. The minimum Gasteiger partial charge on any atom is -0.481 e. The average Bonchev–Trinajstić information content (AvgIpc) is 2.87. The molecule has 1 atom stereocenters. The normalized spacial score (nSPS) is 12.1. The lowest BCUT2D eigenvalue weighted by molar-refractivity contribution is -0.141. The topological polar surface area (TPSA) is 156 Å². The summed E-state index contributed by atoms with van der Waals surface area (Å²) in [6.45, 7) is 0.632. The third-order valence-electron chi connectivity index (χ3n) is 5.95. The fraction of sp³-hybridized carbons (Fsp3) is 0.923. The van der Waals surface area contributed by atoms with E-state index in [-0.39, 0.29) is 12.3 Å². The number of aliphatic carboxylic acids is 2. The number of thioether (sulfide) groups is 2. The Morgan fingerprint density at radius 3 is 1.56 bits per heavy atom. The molecule has 10 heteroatoms. The summed E-state index contributed by atoms with van der Waals surface area (Å²) < 4.78 is 0. The van der Waals surface area contributed by atoms with E-state index in [1.807, 2.05) is 11.8 Å². The van der Waals surface area contributed by atoms with Gasteiger partial charge in [-0.2, -0.15) is 23.5 Å². The van der Waals surface area contributed by atoms with Crippen LogP contribution in [-0.4, -0.2) is 92.0 Å². The lowest BCUT2D eigenvalue weighted by atomic mass is 9.93. The highest BCUT2D eigenvalue weighted by Crippen LogP contribution is 2.18. The minimum atomic E-state index is -1.11. The molecule has 0 aromatic carbocycles. The summed E-state index contributed by atoms with van der Waals surface area (Å²) in [5.74, 6) is 1.30. The van der Waals surface area contributed by atoms with Crippen LogP contribution in [0.4, 0.5) is 0 Å². The van der Waals surface area contributed by atoms with Crippen LogP contribution in [-0.2, 0) is 9.59 Å². The second-order valence-electron chi connectivity index (χ2n) is 9.32. The Morgan fingerprint density at radius 2 is 1.14 bits per heavy atom. The molecule has 0 spiro atoms. The fourth-order valence-corrected chi connectivity index (χ4v) is 5.25. The van der Waals surface area contributed by atoms with E-state index in [4.69, 9.17) is 25.5 Å². The van der Waals surface area contributed by atoms with Crippen LogP contribution in [0.2, 0.25) is 0 Å². The van der Waals surface area contributed by atoms with E-state index >= 15 is 0 Å². The molecular weight excluding hydrogens is 504 g/mol. The second kappa shape index (κ2) is 27.5. The number of carbonyl (C=O) groups is 2. The first kappa shape index (κ1) is 37.6. The highest BCUT2D eigenvalue weighted by molar-refractivity contribution is 7.99. The molecule has 0 aromatic heterocycles. The molecule has 0 fully saturated rings. The van der Waals surface area contributed by atoms with Crippen molar-refractivity contribution in [3.05, 3.63) is 0 Å². The Kier molecular flexibility index (Phi) is 28.8. The highest BCUT2D eigenvalue weighted by atomic mass is 32.2. The monoisotopic (exact) mass is 556 g/mol. The lowest BCUT2D eigenvalue weighted by Crippen LogP contribution is -2.37. The van der Waals surface area contributed by atoms with E-state index in [1.165, 1.54) is 81.7 Å². The fourth-order valence-electron chi connectivity index (χ4n) is 3.19. The largest absolute Gasteiger partial charge is 0.481 e. The predicted molar refractivity (Wildman–Crippen MR) is 150 cm³/mol. The van der Waals surface area contributed by atoms with Gasteiger partial charge in [0.15, 0.2) is 0 Å². The zero-order valence-electron chi connectivity index (χ0n) is 22.2. The average molecular weight is 557 g/mol. The Balaban J connectivity index is 0. The summed E-state index contributed by atoms with van der Waals surface area (Å²) in [5, 5.41) is 51.8. The number of unbranched alkanes of at least 4 members (excludes halogenated alkanes) is 9. The Morgan fingerprint density at radius 1 is 0.667 bits per heavy atom. The van der Waals surface area contributed by atoms with Crippen LogP contribution in [0, 0.1) is 11.3 Å². The smallest absolute Gasteiger partial charge is 0.307 e. The number of aliphatic hydroxyl groups excluding tert-OH is 4. The van der Waals surface area contributed by atoms with E-state index in [0.29, 0.717) is 17.9 Å². The summed E-state index contributed by atoms with van der Waals surface area (Å²) in [5.41, 5.74) is -1.11. The van der Waals surface area contributed by atoms with Gasteiger partial charge in [-0.3, -0.25) is 9.59 Å². The number of rotatable bonds is 25. The van der Waals surface area contributed by atoms with Gasteiger partial charge in [0, 0.05) is 11.5 Å². The van der Waals surface area contributed by atoms with E-state index in [9.17, 15) is 14.7 Å². The molecule has 0 aromatic rings. The highest BCUT2D eigenvalue weighted by Gasteiger charge is 2.26. The summed E-state index contributed by atoms with van der Waals surface area (Å²) in [4.78, 5) is 21.7. The SMILES string of the molecule is CCCCCCCCCCCCSCCCC(CSCCC(=O)O)C(=O)O.OCC(CO)(CO)CO. The van der Waals surface area contributed by atoms with Gasteiger partial charge in [-0.25, -0.2) is 0 Å². The Bertz CT molecular complexity index is 487. The van der Waals surface area contributed by atoms with Crippen molar-refractivity contribution in [2.24, 2.45) is 11.3 Å². The molecule has 0 bridgehead atoms. The molecule has 6 N–H and O–H groups in total. The van der Waals surface area contributed by atoms with Gasteiger partial charge in [-0.1, -0.05) is 64.7 Å². The molecule has 0 aliphatic carbocycles. The molecule has 8 nitrogen and oxygen atoms in total. The van der Waals surface area contributed by atoms with E-state index in [1.54, 1.807) is 0 Å². The van der Waals surface area contributed by atoms with Gasteiger partial charge in [0.25, 0.3) is 0 Å². The molecule has 0 heterocycles. The van der Waals surface area contributed by atoms with Crippen molar-refractivity contribution in [3.8, 4) is 0 Å². The molecule has 0 saturated heterocycles. The first-order valence-corrected chi connectivity index (χ1v) is 15.7. The molecule has 1 unspecified atom stereocenters. The van der Waals surface area contributed by atoms with Crippen molar-refractivity contribution >= 4 is 35.5 Å². The minimum absolute atomic E-state index is 0.103. The Hall–Kier alpha value is -0.520. The van der Waals surface area contributed by atoms with Gasteiger partial charge in [0.1, 0.15) is 0 Å². The third kappa shape index (κ3) is 23.9. The molecule has 0 amide bonds. The van der Waals surface area contributed by atoms with Crippen molar-refractivity contribution in [3.63, 3.8) is 0 Å². The summed E-state index contributed by atoms with van der Waals surface area (Å²) in [6, 6.07) is 0. The maximum atomic E-state index is 11.3. The van der Waals surface area contributed by atoms with Gasteiger partial charge < -0.3 is 30.6 Å². The third-order valence-corrected chi connectivity index (χ3v) is 8.24. The maximum Gasteiger partial charge on any atom is 0.307 e. The number of carboxylic acids is 2. The number of carboxylic acid groups (broad SMARTS) is 2. The summed E-state index contributed by atoms with van der Waals surface area (Å²) in [7, 11) is 0. The van der Waals surface area contributed by atoms with Gasteiger partial charge in [0.2, 0.25) is 0 Å². The predicted octanol–water partition coefficient (Wildman–Crippen LogP) is 4.27. The molecule has 0 aliphatic rings. The number of hydrogen-bond donors (Lipinski definition) is 6. The van der Waals surface area contributed by atoms with Crippen LogP contribution in [0.25, 0.3) is 0 Å². The molecule has 216 valence electrons. The van der Waals surface area contributed by atoms with E-state index in [2.05, 4.69) is 6.92 Å². The number of hydrogen-bond acceptors (Lipinski definition) is 8. The van der Waals surface area contributed by atoms with Crippen LogP contribution < -0.4 is 0 Å². The van der Waals surface area contributed by atoms with Crippen LogP contribution >= 0.6 is 23.5 Å². The van der Waals surface area contributed by atoms with E-state index < -0.39 is 43.8 Å². The van der Waals surface area contributed by atoms with Crippen molar-refractivity contribution in [1.82, 2.24) is 0 Å². The first-order chi connectivity index (χ1) is 17.3. The molecule has 0 rings (SSSR count). The maximum absolute atomic E-state index is 11.3. The van der Waals surface area contributed by atoms with Crippen molar-refractivity contribution in [2.75, 3.05) is 49.4 Å². The zero-order valence-corrected chi connectivity index (χ0v) is 23.9. The molecular formula is C26H52O8S2. The summed E-state index contributed by atoms with van der Waals surface area (Å²) in [6.07, 6.45) is 15.3. The van der Waals surface area contributed by atoms with Gasteiger partial charge >= 0.3 is 11.9 Å².